The highest BCUT2D eigenvalue weighted by atomic mass is 32.2. The molecule has 0 spiro atoms. The summed E-state index contributed by atoms with van der Waals surface area (Å²) in [6, 6.07) is 7.83. The van der Waals surface area contributed by atoms with E-state index in [4.69, 9.17) is 5.11 Å². The van der Waals surface area contributed by atoms with E-state index in [1.54, 1.807) is 44.2 Å². The topological polar surface area (TPSA) is 104 Å². The van der Waals surface area contributed by atoms with Gasteiger partial charge in [-0.15, -0.1) is 0 Å². The van der Waals surface area contributed by atoms with Crippen LogP contribution in [-0.4, -0.2) is 48.5 Å². The number of carboxylic acid groups (broad SMARTS) is 1. The molecule has 0 fully saturated rings. The van der Waals surface area contributed by atoms with Crippen LogP contribution in [0.2, 0.25) is 0 Å². The zero-order valence-corrected chi connectivity index (χ0v) is 14.0. The van der Waals surface area contributed by atoms with E-state index >= 15 is 0 Å². The molecule has 0 aliphatic rings. The lowest BCUT2D eigenvalue weighted by molar-refractivity contribution is -0.137. The fraction of sp³-hybridized carbons (Fsp3) is 0.467. The van der Waals surface area contributed by atoms with Gasteiger partial charge in [-0.3, -0.25) is 9.59 Å². The van der Waals surface area contributed by atoms with Crippen LogP contribution in [0, 0.1) is 0 Å². The first-order valence-electron chi connectivity index (χ1n) is 7.34. The van der Waals surface area contributed by atoms with Crippen molar-refractivity contribution >= 4 is 21.9 Å². The third-order valence-electron chi connectivity index (χ3n) is 3.33. The number of hydrogen-bond acceptors (Lipinski definition) is 4. The number of aliphatic carboxylic acids is 1. The molecule has 23 heavy (non-hydrogen) atoms. The quantitative estimate of drug-likeness (QED) is 0.696. The largest absolute Gasteiger partial charge is 0.481 e. The molecule has 128 valence electrons. The zero-order chi connectivity index (χ0) is 17.5. The Labute approximate surface area is 136 Å². The van der Waals surface area contributed by atoms with Crippen LogP contribution >= 0.6 is 0 Å². The maximum Gasteiger partial charge on any atom is 0.305 e. The minimum atomic E-state index is -3.70. The Morgan fingerprint density at radius 1 is 1.17 bits per heavy atom. The molecule has 0 aromatic heterocycles. The number of carbonyl (C=O) groups excluding carboxylic acids is 1. The van der Waals surface area contributed by atoms with E-state index in [2.05, 4.69) is 5.32 Å². The van der Waals surface area contributed by atoms with E-state index in [1.807, 2.05) is 0 Å². The van der Waals surface area contributed by atoms with Gasteiger partial charge in [-0.05, 0) is 5.56 Å². The lowest BCUT2D eigenvalue weighted by Gasteiger charge is -2.20. The third-order valence-corrected chi connectivity index (χ3v) is 5.26. The lowest BCUT2D eigenvalue weighted by atomic mass is 10.0. The van der Waals surface area contributed by atoms with Crippen molar-refractivity contribution in [1.29, 1.82) is 0 Å². The second kappa shape index (κ2) is 8.64. The van der Waals surface area contributed by atoms with Crippen LogP contribution in [0.25, 0.3) is 0 Å². The van der Waals surface area contributed by atoms with Gasteiger partial charge in [-0.2, -0.15) is 0 Å². The molecular formula is C15H22N2O5S. The Bertz CT molecular complexity index is 627. The molecule has 1 aromatic rings. The molecule has 1 rings (SSSR count). The number of benzene rings is 1. The molecule has 7 nitrogen and oxygen atoms in total. The first-order valence-corrected chi connectivity index (χ1v) is 8.95. The second-order valence-corrected chi connectivity index (χ2v) is 6.94. The van der Waals surface area contributed by atoms with E-state index in [9.17, 15) is 18.0 Å². The van der Waals surface area contributed by atoms with Crippen LogP contribution in [0.15, 0.2) is 30.3 Å². The van der Waals surface area contributed by atoms with Gasteiger partial charge in [0.25, 0.3) is 0 Å². The first kappa shape index (κ1) is 19.1. The van der Waals surface area contributed by atoms with Crippen molar-refractivity contribution in [2.24, 2.45) is 0 Å². The molecule has 8 heteroatoms. The predicted octanol–water partition coefficient (Wildman–Crippen LogP) is 0.990. The maximum absolute atomic E-state index is 12.1. The summed E-state index contributed by atoms with van der Waals surface area (Å²) in [7, 11) is -3.70. The van der Waals surface area contributed by atoms with Crippen LogP contribution < -0.4 is 5.32 Å². The van der Waals surface area contributed by atoms with E-state index in [1.165, 1.54) is 4.31 Å². The Kier molecular flexibility index (Phi) is 7.18. The second-order valence-electron chi connectivity index (χ2n) is 4.97. The van der Waals surface area contributed by atoms with Crippen LogP contribution in [0.3, 0.4) is 0 Å². The van der Waals surface area contributed by atoms with Gasteiger partial charge in [-0.25, -0.2) is 12.7 Å². The summed E-state index contributed by atoms with van der Waals surface area (Å²) >= 11 is 0. The van der Waals surface area contributed by atoms with Crippen molar-refractivity contribution < 1.29 is 23.1 Å². The monoisotopic (exact) mass is 342 g/mol. The number of sulfonamides is 1. The van der Waals surface area contributed by atoms with Crippen LogP contribution in [0.1, 0.15) is 31.9 Å². The standard InChI is InChI=1S/C15H22N2O5S/c1-3-17(4-2)23(21,22)11-14(18)16-13(10-15(19)20)12-8-6-5-7-9-12/h5-9,13H,3-4,10-11H2,1-2H3,(H,16,18)(H,19,20). The van der Waals surface area contributed by atoms with Gasteiger partial charge >= 0.3 is 5.97 Å². The van der Waals surface area contributed by atoms with Gasteiger partial charge in [0.2, 0.25) is 15.9 Å². The van der Waals surface area contributed by atoms with Crippen molar-refractivity contribution in [2.75, 3.05) is 18.8 Å². The minimum Gasteiger partial charge on any atom is -0.481 e. The van der Waals surface area contributed by atoms with Gasteiger partial charge in [0.1, 0.15) is 5.75 Å². The molecule has 0 saturated carbocycles. The summed E-state index contributed by atoms with van der Waals surface area (Å²) < 4.78 is 25.4. The zero-order valence-electron chi connectivity index (χ0n) is 13.2. The average Bonchev–Trinajstić information content (AvgIpc) is 2.47. The predicted molar refractivity (Wildman–Crippen MR) is 86.3 cm³/mol. The number of rotatable bonds is 9. The summed E-state index contributed by atoms with van der Waals surface area (Å²) in [6.07, 6.45) is -0.318. The van der Waals surface area contributed by atoms with E-state index in [0.29, 0.717) is 5.56 Å². The number of carboxylic acids is 1. The van der Waals surface area contributed by atoms with Crippen LogP contribution in [0.5, 0.6) is 0 Å². The smallest absolute Gasteiger partial charge is 0.305 e. The summed E-state index contributed by atoms with van der Waals surface area (Å²) in [5.74, 6) is -2.49. The highest BCUT2D eigenvalue weighted by Gasteiger charge is 2.25. The van der Waals surface area contributed by atoms with Crippen molar-refractivity contribution in [3.63, 3.8) is 0 Å². The number of carbonyl (C=O) groups is 2. The molecule has 0 heterocycles. The van der Waals surface area contributed by atoms with Gasteiger partial charge in [0.15, 0.2) is 0 Å². The molecule has 0 aliphatic heterocycles. The number of hydrogen-bond donors (Lipinski definition) is 2. The van der Waals surface area contributed by atoms with Gasteiger partial charge in [0, 0.05) is 13.1 Å². The van der Waals surface area contributed by atoms with E-state index in [-0.39, 0.29) is 19.5 Å². The lowest BCUT2D eigenvalue weighted by Crippen LogP contribution is -2.40. The first-order chi connectivity index (χ1) is 10.8. The average molecular weight is 342 g/mol. The Balaban J connectivity index is 2.84. The number of nitrogens with zero attached hydrogens (tertiary/aromatic N) is 1. The minimum absolute atomic E-state index is 0.281. The molecule has 0 bridgehead atoms. The van der Waals surface area contributed by atoms with Crippen molar-refractivity contribution in [3.8, 4) is 0 Å². The molecule has 1 amide bonds. The summed E-state index contributed by atoms with van der Waals surface area (Å²) in [6.45, 7) is 3.94. The van der Waals surface area contributed by atoms with E-state index < -0.39 is 33.7 Å². The van der Waals surface area contributed by atoms with Crippen molar-refractivity contribution in [1.82, 2.24) is 9.62 Å². The maximum atomic E-state index is 12.1. The SMILES string of the molecule is CCN(CC)S(=O)(=O)CC(=O)NC(CC(=O)O)c1ccccc1. The highest BCUT2D eigenvalue weighted by molar-refractivity contribution is 7.89. The Hall–Kier alpha value is -1.93. The molecular weight excluding hydrogens is 320 g/mol. The van der Waals surface area contributed by atoms with Gasteiger partial charge in [-0.1, -0.05) is 44.2 Å². The normalized spacial score (nSPS) is 12.8. The van der Waals surface area contributed by atoms with Crippen LogP contribution in [0.4, 0.5) is 0 Å². The molecule has 1 unspecified atom stereocenters. The number of nitrogens with one attached hydrogen (secondary N) is 1. The number of amides is 1. The molecule has 1 aromatic carbocycles. The summed E-state index contributed by atoms with van der Waals surface area (Å²) in [5.41, 5.74) is 0.614. The van der Waals surface area contributed by atoms with Gasteiger partial charge < -0.3 is 10.4 Å². The Morgan fingerprint density at radius 2 is 1.74 bits per heavy atom. The summed E-state index contributed by atoms with van der Waals surface area (Å²) in [5, 5.41) is 11.5. The molecule has 1 atom stereocenters. The van der Waals surface area contributed by atoms with Crippen molar-refractivity contribution in [3.05, 3.63) is 35.9 Å². The third kappa shape index (κ3) is 5.99. The van der Waals surface area contributed by atoms with E-state index in [0.717, 1.165) is 0 Å². The van der Waals surface area contributed by atoms with Gasteiger partial charge in [0.05, 0.1) is 12.5 Å². The van der Waals surface area contributed by atoms with Crippen LogP contribution in [-0.2, 0) is 19.6 Å². The Morgan fingerprint density at radius 3 is 2.22 bits per heavy atom. The molecule has 0 radical (unpaired) electrons. The highest BCUT2D eigenvalue weighted by Crippen LogP contribution is 2.16. The fourth-order valence-electron chi connectivity index (χ4n) is 2.22. The molecule has 0 saturated heterocycles. The molecule has 2 N–H and O–H groups in total. The van der Waals surface area contributed by atoms with Crippen molar-refractivity contribution in [2.45, 2.75) is 26.3 Å². The summed E-state index contributed by atoms with van der Waals surface area (Å²) in [4.78, 5) is 23.0. The fourth-order valence-corrected chi connectivity index (χ4v) is 3.61. The molecule has 0 aliphatic carbocycles.